The van der Waals surface area contributed by atoms with Crippen LogP contribution in [0.25, 0.3) is 0 Å². The smallest absolute Gasteiger partial charge is 0.511 e. The van der Waals surface area contributed by atoms with E-state index in [9.17, 15) is 0 Å². The molecule has 0 unspecified atom stereocenters. The monoisotopic (exact) mass is 202 g/mol. The second-order valence-electron chi connectivity index (χ2n) is 2.24. The highest BCUT2D eigenvalue weighted by Crippen LogP contribution is 2.28. The van der Waals surface area contributed by atoms with E-state index in [2.05, 4.69) is 4.65 Å². The van der Waals surface area contributed by atoms with Crippen molar-refractivity contribution in [1.29, 1.82) is 0 Å². The van der Waals surface area contributed by atoms with Crippen LogP contribution in [0.1, 0.15) is 0 Å². The average molecular weight is 202 g/mol. The first-order chi connectivity index (χ1) is 6.13. The Morgan fingerprint density at radius 1 is 1.38 bits per heavy atom. The van der Waals surface area contributed by atoms with Gasteiger partial charge < -0.3 is 19.4 Å². The summed E-state index contributed by atoms with van der Waals surface area (Å²) >= 11 is 5.73. The number of hydrogen-bond donors (Lipinski definition) is 2. The lowest BCUT2D eigenvalue weighted by Crippen LogP contribution is -2.20. The second kappa shape index (κ2) is 4.36. The fourth-order valence-electron chi connectivity index (χ4n) is 0.818. The molecule has 0 spiro atoms. The molecule has 0 radical (unpaired) electrons. The van der Waals surface area contributed by atoms with E-state index >= 15 is 0 Å². The van der Waals surface area contributed by atoms with Crippen molar-refractivity contribution in [2.24, 2.45) is 0 Å². The van der Waals surface area contributed by atoms with Crippen LogP contribution < -0.4 is 9.39 Å². The molecule has 4 nitrogen and oxygen atoms in total. The third kappa shape index (κ3) is 2.80. The zero-order chi connectivity index (χ0) is 9.84. The summed E-state index contributed by atoms with van der Waals surface area (Å²) in [6.07, 6.45) is 0. The van der Waals surface area contributed by atoms with E-state index < -0.39 is 7.32 Å². The fourth-order valence-corrected chi connectivity index (χ4v) is 1.03. The Morgan fingerprint density at radius 3 is 2.54 bits per heavy atom. The van der Waals surface area contributed by atoms with Gasteiger partial charge in [0.25, 0.3) is 0 Å². The second-order valence-corrected chi connectivity index (χ2v) is 2.65. The maximum atomic E-state index is 8.50. The topological polar surface area (TPSA) is 58.9 Å². The molecule has 0 atom stereocenters. The number of halogens is 1. The molecule has 1 rings (SSSR count). The Kier molecular flexibility index (Phi) is 3.42. The van der Waals surface area contributed by atoms with E-state index in [1.165, 1.54) is 19.2 Å². The van der Waals surface area contributed by atoms with Crippen LogP contribution in [0.2, 0.25) is 5.02 Å². The molecular weight excluding hydrogens is 194 g/mol. The Hall–Kier alpha value is -0.905. The predicted molar refractivity (Wildman–Crippen MR) is 48.8 cm³/mol. The van der Waals surface area contributed by atoms with E-state index in [0.29, 0.717) is 5.75 Å². The predicted octanol–water partition coefficient (Wildman–Crippen LogP) is 0.697. The summed E-state index contributed by atoms with van der Waals surface area (Å²) in [6.45, 7) is 0. The van der Waals surface area contributed by atoms with Gasteiger partial charge in [-0.15, -0.1) is 0 Å². The van der Waals surface area contributed by atoms with Gasteiger partial charge in [0.2, 0.25) is 0 Å². The summed E-state index contributed by atoms with van der Waals surface area (Å²) in [4.78, 5) is 0. The third-order valence-electron chi connectivity index (χ3n) is 1.37. The molecule has 0 aliphatic rings. The van der Waals surface area contributed by atoms with Crippen molar-refractivity contribution in [1.82, 2.24) is 0 Å². The summed E-state index contributed by atoms with van der Waals surface area (Å²) in [5, 5.41) is 17.3. The minimum atomic E-state index is -1.87. The Morgan fingerprint density at radius 2 is 2.08 bits per heavy atom. The molecule has 0 saturated carbocycles. The highest BCUT2D eigenvalue weighted by Gasteiger charge is 2.13. The van der Waals surface area contributed by atoms with Crippen molar-refractivity contribution in [2.75, 3.05) is 7.11 Å². The van der Waals surface area contributed by atoms with E-state index in [-0.39, 0.29) is 10.8 Å². The lowest BCUT2D eigenvalue weighted by atomic mass is 10.2. The van der Waals surface area contributed by atoms with Crippen LogP contribution in [-0.4, -0.2) is 24.5 Å². The zero-order valence-corrected chi connectivity index (χ0v) is 7.65. The molecule has 0 aliphatic carbocycles. The van der Waals surface area contributed by atoms with Gasteiger partial charge in [-0.3, -0.25) is 0 Å². The highest BCUT2D eigenvalue weighted by molar-refractivity contribution is 6.36. The van der Waals surface area contributed by atoms with Crippen LogP contribution in [0, 0.1) is 0 Å². The van der Waals surface area contributed by atoms with Gasteiger partial charge in [-0.2, -0.15) is 0 Å². The molecule has 2 N–H and O–H groups in total. The first-order valence-electron chi connectivity index (χ1n) is 3.50. The molecule has 0 aliphatic heterocycles. The first-order valence-corrected chi connectivity index (χ1v) is 3.87. The average Bonchev–Trinajstić information content (AvgIpc) is 2.08. The number of ether oxygens (including phenoxy) is 1. The number of rotatable bonds is 3. The first kappa shape index (κ1) is 10.2. The van der Waals surface area contributed by atoms with Crippen molar-refractivity contribution in [3.8, 4) is 11.5 Å². The maximum Gasteiger partial charge on any atom is 0.707 e. The van der Waals surface area contributed by atoms with Crippen molar-refractivity contribution < 1.29 is 19.4 Å². The molecule has 13 heavy (non-hydrogen) atoms. The van der Waals surface area contributed by atoms with Crippen LogP contribution in [-0.2, 0) is 0 Å². The third-order valence-corrected chi connectivity index (χ3v) is 1.67. The van der Waals surface area contributed by atoms with E-state index in [1.807, 2.05) is 0 Å². The van der Waals surface area contributed by atoms with E-state index in [0.717, 1.165) is 0 Å². The lowest BCUT2D eigenvalue weighted by Gasteiger charge is -2.07. The Balaban J connectivity index is 2.85. The summed E-state index contributed by atoms with van der Waals surface area (Å²) in [7, 11) is -0.363. The number of methoxy groups -OCH3 is 1. The minimum absolute atomic E-state index is 0.192. The molecule has 0 heterocycles. The summed E-state index contributed by atoms with van der Waals surface area (Å²) in [5.41, 5.74) is 0. The summed E-state index contributed by atoms with van der Waals surface area (Å²) < 4.78 is 9.46. The molecule has 70 valence electrons. The molecule has 0 saturated heterocycles. The normalized spacial score (nSPS) is 9.54. The summed E-state index contributed by atoms with van der Waals surface area (Å²) in [5.74, 6) is 0.766. The molecule has 1 aromatic carbocycles. The molecule has 0 bridgehead atoms. The number of benzene rings is 1. The van der Waals surface area contributed by atoms with Gasteiger partial charge in [-0.1, -0.05) is 11.6 Å². The van der Waals surface area contributed by atoms with Crippen LogP contribution in [0.4, 0.5) is 0 Å². The molecular formula is C7H8BClO4. The van der Waals surface area contributed by atoms with Crippen molar-refractivity contribution in [3.63, 3.8) is 0 Å². The van der Waals surface area contributed by atoms with Crippen molar-refractivity contribution in [2.45, 2.75) is 0 Å². The maximum absolute atomic E-state index is 8.50. The number of hydrogen-bond acceptors (Lipinski definition) is 4. The molecule has 1 aromatic rings. The minimum Gasteiger partial charge on any atom is -0.511 e. The fraction of sp³-hybridized carbons (Fsp3) is 0.143. The van der Waals surface area contributed by atoms with Crippen LogP contribution in [0.3, 0.4) is 0 Å². The van der Waals surface area contributed by atoms with Gasteiger partial charge in [0.05, 0.1) is 12.1 Å². The quantitative estimate of drug-likeness (QED) is 0.708. The van der Waals surface area contributed by atoms with Gasteiger partial charge in [-0.05, 0) is 12.1 Å². The molecule has 0 amide bonds. The van der Waals surface area contributed by atoms with Crippen molar-refractivity contribution in [3.05, 3.63) is 23.2 Å². The summed E-state index contributed by atoms with van der Waals surface area (Å²) in [6, 6.07) is 4.60. The Labute approximate surface area is 80.8 Å². The van der Waals surface area contributed by atoms with Crippen molar-refractivity contribution >= 4 is 18.9 Å². The van der Waals surface area contributed by atoms with Gasteiger partial charge in [0.1, 0.15) is 11.5 Å². The lowest BCUT2D eigenvalue weighted by molar-refractivity contribution is 0.288. The zero-order valence-electron chi connectivity index (χ0n) is 6.90. The van der Waals surface area contributed by atoms with Gasteiger partial charge in [0.15, 0.2) is 0 Å². The SMILES string of the molecule is COc1ccc(OB(O)O)c(Cl)c1. The molecule has 0 aromatic heterocycles. The highest BCUT2D eigenvalue weighted by atomic mass is 35.5. The standard InChI is InChI=1S/C7H8BClO4/c1-12-5-2-3-7(6(9)4-5)13-8(10)11/h2-4,10-11H,1H3. The van der Waals surface area contributed by atoms with E-state index in [1.54, 1.807) is 6.07 Å². The van der Waals surface area contributed by atoms with E-state index in [4.69, 9.17) is 26.4 Å². The van der Waals surface area contributed by atoms with Gasteiger partial charge in [-0.25, -0.2) is 0 Å². The van der Waals surface area contributed by atoms with Crippen LogP contribution in [0.15, 0.2) is 18.2 Å². The Bertz CT molecular complexity index is 292. The van der Waals surface area contributed by atoms with Gasteiger partial charge in [0, 0.05) is 6.07 Å². The van der Waals surface area contributed by atoms with Crippen LogP contribution in [0.5, 0.6) is 11.5 Å². The van der Waals surface area contributed by atoms with Crippen LogP contribution >= 0.6 is 11.6 Å². The van der Waals surface area contributed by atoms with Gasteiger partial charge >= 0.3 is 7.32 Å². The molecule has 6 heteroatoms. The largest absolute Gasteiger partial charge is 0.707 e. The molecule has 0 fully saturated rings.